The van der Waals surface area contributed by atoms with Crippen LogP contribution in [0.15, 0.2) is 24.5 Å². The van der Waals surface area contributed by atoms with E-state index < -0.39 is 0 Å². The highest BCUT2D eigenvalue weighted by Gasteiger charge is 2.12. The van der Waals surface area contributed by atoms with Crippen LogP contribution in [-0.2, 0) is 4.79 Å². The Labute approximate surface area is 115 Å². The highest BCUT2D eigenvalue weighted by atomic mass is 35.5. The quantitative estimate of drug-likeness (QED) is 0.866. The van der Waals surface area contributed by atoms with Crippen LogP contribution in [0.5, 0.6) is 0 Å². The van der Waals surface area contributed by atoms with Crippen molar-refractivity contribution in [3.8, 4) is 5.69 Å². The highest BCUT2D eigenvalue weighted by molar-refractivity contribution is 6.19. The van der Waals surface area contributed by atoms with Crippen LogP contribution >= 0.6 is 11.6 Å². The number of tetrazole rings is 1. The van der Waals surface area contributed by atoms with Gasteiger partial charge in [-0.1, -0.05) is 13.0 Å². The molecule has 1 amide bonds. The van der Waals surface area contributed by atoms with Gasteiger partial charge in [0.1, 0.15) is 6.33 Å². The van der Waals surface area contributed by atoms with Crippen LogP contribution in [0.3, 0.4) is 0 Å². The Kier molecular flexibility index (Phi) is 4.11. The fourth-order valence-electron chi connectivity index (χ4n) is 1.54. The first-order chi connectivity index (χ1) is 9.11. The molecule has 7 heteroatoms. The van der Waals surface area contributed by atoms with Crippen LogP contribution in [0.4, 0.5) is 5.69 Å². The molecule has 0 saturated carbocycles. The summed E-state index contributed by atoms with van der Waals surface area (Å²) < 4.78 is 1.55. The van der Waals surface area contributed by atoms with Crippen molar-refractivity contribution < 1.29 is 4.79 Å². The molecule has 1 aromatic heterocycles. The van der Waals surface area contributed by atoms with Gasteiger partial charge in [-0.25, -0.2) is 4.68 Å². The van der Waals surface area contributed by atoms with Crippen molar-refractivity contribution in [3.05, 3.63) is 30.1 Å². The lowest BCUT2D eigenvalue weighted by atomic mass is 10.1. The zero-order valence-electron chi connectivity index (χ0n) is 10.7. The van der Waals surface area contributed by atoms with Crippen molar-refractivity contribution >= 4 is 23.2 Å². The van der Waals surface area contributed by atoms with Crippen LogP contribution in [0.2, 0.25) is 0 Å². The Hall–Kier alpha value is -1.95. The van der Waals surface area contributed by atoms with Gasteiger partial charge >= 0.3 is 0 Å². The first kappa shape index (κ1) is 13.5. The largest absolute Gasteiger partial charge is 0.326 e. The molecule has 0 aliphatic rings. The van der Waals surface area contributed by atoms with Crippen molar-refractivity contribution in [3.63, 3.8) is 0 Å². The molecule has 0 radical (unpaired) electrons. The van der Waals surface area contributed by atoms with Crippen LogP contribution in [0.1, 0.15) is 12.5 Å². The van der Waals surface area contributed by atoms with E-state index in [1.165, 1.54) is 6.33 Å². The standard InChI is InChI=1S/C12H14ClN5O/c1-8-3-4-10(15-12(19)9(2)6-13)5-11(8)18-7-14-16-17-18/h3-5,7,9H,6H2,1-2H3,(H,15,19). The molecule has 0 saturated heterocycles. The molecule has 1 atom stereocenters. The summed E-state index contributed by atoms with van der Waals surface area (Å²) in [5.74, 6) is -0.0571. The number of carbonyl (C=O) groups excluding carboxylic acids is 1. The summed E-state index contributed by atoms with van der Waals surface area (Å²) in [6.07, 6.45) is 1.51. The molecule has 0 bridgehead atoms. The minimum absolute atomic E-state index is 0.110. The molecule has 100 valence electrons. The zero-order valence-corrected chi connectivity index (χ0v) is 11.4. The minimum atomic E-state index is -0.237. The molecule has 1 unspecified atom stereocenters. The molecule has 1 N–H and O–H groups in total. The van der Waals surface area contributed by atoms with Gasteiger partial charge in [-0.05, 0) is 35.0 Å². The first-order valence-corrected chi connectivity index (χ1v) is 6.36. The summed E-state index contributed by atoms with van der Waals surface area (Å²) >= 11 is 5.66. The monoisotopic (exact) mass is 279 g/mol. The number of nitrogens with one attached hydrogen (secondary N) is 1. The summed E-state index contributed by atoms with van der Waals surface area (Å²) in [6.45, 7) is 3.72. The van der Waals surface area contributed by atoms with Gasteiger partial charge < -0.3 is 5.32 Å². The molecule has 1 aromatic carbocycles. The third kappa shape index (κ3) is 3.08. The number of carbonyl (C=O) groups is 1. The lowest BCUT2D eigenvalue weighted by Crippen LogP contribution is -2.21. The molecule has 6 nitrogen and oxygen atoms in total. The van der Waals surface area contributed by atoms with Gasteiger partial charge in [-0.2, -0.15) is 0 Å². The maximum absolute atomic E-state index is 11.8. The topological polar surface area (TPSA) is 72.7 Å². The van der Waals surface area contributed by atoms with E-state index in [9.17, 15) is 4.79 Å². The van der Waals surface area contributed by atoms with Gasteiger partial charge in [-0.15, -0.1) is 16.7 Å². The van der Waals surface area contributed by atoms with E-state index in [1.54, 1.807) is 11.6 Å². The van der Waals surface area contributed by atoms with Crippen molar-refractivity contribution in [2.24, 2.45) is 5.92 Å². The third-order valence-corrected chi connectivity index (χ3v) is 3.21. The smallest absolute Gasteiger partial charge is 0.228 e. The fraction of sp³-hybridized carbons (Fsp3) is 0.333. The lowest BCUT2D eigenvalue weighted by molar-refractivity contribution is -0.118. The molecule has 1 heterocycles. The second kappa shape index (κ2) is 5.79. The van der Waals surface area contributed by atoms with Crippen LogP contribution in [-0.4, -0.2) is 32.0 Å². The number of hydrogen-bond donors (Lipinski definition) is 1. The van der Waals surface area contributed by atoms with Crippen LogP contribution < -0.4 is 5.32 Å². The van der Waals surface area contributed by atoms with Gasteiger partial charge in [0.2, 0.25) is 5.91 Å². The number of benzene rings is 1. The van der Waals surface area contributed by atoms with Crippen LogP contribution in [0.25, 0.3) is 5.69 Å². The molecule has 0 fully saturated rings. The second-order valence-electron chi connectivity index (χ2n) is 4.30. The third-order valence-electron chi connectivity index (χ3n) is 2.75. The zero-order chi connectivity index (χ0) is 13.8. The van der Waals surface area contributed by atoms with E-state index in [0.717, 1.165) is 11.3 Å². The fourth-order valence-corrected chi connectivity index (χ4v) is 1.68. The maximum atomic E-state index is 11.8. The molecule has 2 rings (SSSR count). The number of rotatable bonds is 4. The SMILES string of the molecule is Cc1ccc(NC(=O)C(C)CCl)cc1-n1cnnn1. The average Bonchev–Trinajstić information content (AvgIpc) is 2.93. The maximum Gasteiger partial charge on any atom is 0.228 e. The summed E-state index contributed by atoms with van der Waals surface area (Å²) in [6, 6.07) is 5.56. The van der Waals surface area contributed by atoms with Gasteiger partial charge in [0.15, 0.2) is 0 Å². The predicted molar refractivity (Wildman–Crippen MR) is 72.4 cm³/mol. The molecule has 19 heavy (non-hydrogen) atoms. The second-order valence-corrected chi connectivity index (χ2v) is 4.61. The normalized spacial score (nSPS) is 12.2. The Morgan fingerprint density at radius 1 is 1.53 bits per heavy atom. The molecule has 0 aliphatic heterocycles. The number of hydrogen-bond acceptors (Lipinski definition) is 4. The first-order valence-electron chi connectivity index (χ1n) is 5.82. The van der Waals surface area contributed by atoms with E-state index in [2.05, 4.69) is 20.8 Å². The number of aryl methyl sites for hydroxylation is 1. The lowest BCUT2D eigenvalue weighted by Gasteiger charge is -2.11. The molecule has 0 aliphatic carbocycles. The van der Waals surface area contributed by atoms with Crippen LogP contribution in [0, 0.1) is 12.8 Å². The highest BCUT2D eigenvalue weighted by Crippen LogP contribution is 2.18. The van der Waals surface area contributed by atoms with Gasteiger partial charge in [-0.3, -0.25) is 4.79 Å². The molecular formula is C12H14ClN5O. The van der Waals surface area contributed by atoms with Gasteiger partial charge in [0.25, 0.3) is 0 Å². The number of alkyl halides is 1. The van der Waals surface area contributed by atoms with Gasteiger partial charge in [0, 0.05) is 17.5 Å². The van der Waals surface area contributed by atoms with Crippen molar-refractivity contribution in [2.75, 3.05) is 11.2 Å². The summed E-state index contributed by atoms with van der Waals surface area (Å²) in [5.41, 5.74) is 2.52. The minimum Gasteiger partial charge on any atom is -0.326 e. The van der Waals surface area contributed by atoms with Crippen molar-refractivity contribution in [1.29, 1.82) is 0 Å². The summed E-state index contributed by atoms with van der Waals surface area (Å²) in [5, 5.41) is 13.9. The van der Waals surface area contributed by atoms with E-state index in [1.807, 2.05) is 25.1 Å². The van der Waals surface area contributed by atoms with E-state index in [4.69, 9.17) is 11.6 Å². The van der Waals surface area contributed by atoms with E-state index in [-0.39, 0.29) is 17.7 Å². The molecule has 0 spiro atoms. The number of halogens is 1. The Balaban J connectivity index is 2.24. The number of nitrogens with zero attached hydrogens (tertiary/aromatic N) is 4. The number of anilines is 1. The summed E-state index contributed by atoms with van der Waals surface area (Å²) in [7, 11) is 0. The van der Waals surface area contributed by atoms with Crippen molar-refractivity contribution in [2.45, 2.75) is 13.8 Å². The Morgan fingerprint density at radius 2 is 2.32 bits per heavy atom. The average molecular weight is 280 g/mol. The number of aromatic nitrogens is 4. The Morgan fingerprint density at radius 3 is 2.95 bits per heavy atom. The van der Waals surface area contributed by atoms with Gasteiger partial charge in [0.05, 0.1) is 5.69 Å². The summed E-state index contributed by atoms with van der Waals surface area (Å²) in [4.78, 5) is 11.8. The van der Waals surface area contributed by atoms with Crippen molar-refractivity contribution in [1.82, 2.24) is 20.2 Å². The van der Waals surface area contributed by atoms with E-state index in [0.29, 0.717) is 5.69 Å². The molecular weight excluding hydrogens is 266 g/mol. The Bertz CT molecular complexity index is 570. The predicted octanol–water partition coefficient (Wildman–Crippen LogP) is 1.78. The number of amides is 1. The van der Waals surface area contributed by atoms with E-state index >= 15 is 0 Å². The molecule has 2 aromatic rings.